The lowest BCUT2D eigenvalue weighted by Crippen LogP contribution is -2.48. The Morgan fingerprint density at radius 1 is 1.26 bits per heavy atom. The number of piperazine rings is 1. The van der Waals surface area contributed by atoms with Crippen LogP contribution in [-0.2, 0) is 4.79 Å². The van der Waals surface area contributed by atoms with E-state index in [1.165, 1.54) is 0 Å². The van der Waals surface area contributed by atoms with Gasteiger partial charge in [-0.15, -0.1) is 0 Å². The summed E-state index contributed by atoms with van der Waals surface area (Å²) in [5.41, 5.74) is 6.55. The number of benzene rings is 1. The van der Waals surface area contributed by atoms with Crippen molar-refractivity contribution in [2.75, 3.05) is 37.6 Å². The summed E-state index contributed by atoms with van der Waals surface area (Å²) >= 11 is 6.00. The fourth-order valence-corrected chi connectivity index (χ4v) is 2.48. The van der Waals surface area contributed by atoms with Crippen molar-refractivity contribution < 1.29 is 4.79 Å². The summed E-state index contributed by atoms with van der Waals surface area (Å²) < 4.78 is 0. The quantitative estimate of drug-likeness (QED) is 0.914. The van der Waals surface area contributed by atoms with Crippen molar-refractivity contribution in [3.8, 4) is 0 Å². The van der Waals surface area contributed by atoms with Crippen LogP contribution in [0.5, 0.6) is 0 Å². The molecule has 1 aliphatic heterocycles. The molecular weight excluding hydrogens is 262 g/mol. The Bertz CT molecular complexity index is 430. The van der Waals surface area contributed by atoms with Crippen molar-refractivity contribution in [3.63, 3.8) is 0 Å². The normalized spacial score (nSPS) is 15.7. The molecule has 0 saturated carbocycles. The Labute approximate surface area is 119 Å². The molecule has 0 unspecified atom stereocenters. The van der Waals surface area contributed by atoms with Gasteiger partial charge in [0, 0.05) is 43.3 Å². The smallest absolute Gasteiger partial charge is 0.222 e. The molecule has 4 nitrogen and oxygen atoms in total. The van der Waals surface area contributed by atoms with Crippen LogP contribution >= 0.6 is 11.6 Å². The van der Waals surface area contributed by atoms with E-state index >= 15 is 0 Å². The Balaban J connectivity index is 1.87. The van der Waals surface area contributed by atoms with Crippen LogP contribution in [0.4, 0.5) is 5.69 Å². The third-order valence-corrected chi connectivity index (χ3v) is 3.64. The molecule has 1 amide bonds. The molecule has 1 aliphatic rings. The van der Waals surface area contributed by atoms with Gasteiger partial charge in [-0.25, -0.2) is 0 Å². The monoisotopic (exact) mass is 281 g/mol. The molecule has 0 bridgehead atoms. The standard InChI is InChI=1S/C14H20ClN3O/c15-12-3-1-4-13(11-12)17-7-9-18(10-8-17)14(19)5-2-6-16/h1,3-4,11H,2,5-10,16H2. The Morgan fingerprint density at radius 3 is 2.63 bits per heavy atom. The molecule has 0 radical (unpaired) electrons. The van der Waals surface area contributed by atoms with Crippen molar-refractivity contribution >= 4 is 23.2 Å². The molecule has 0 aliphatic carbocycles. The van der Waals surface area contributed by atoms with Gasteiger partial charge in [-0.3, -0.25) is 4.79 Å². The number of nitrogens with two attached hydrogens (primary N) is 1. The molecule has 1 heterocycles. The number of nitrogens with zero attached hydrogens (tertiary/aromatic N) is 2. The van der Waals surface area contributed by atoms with Crippen LogP contribution in [0, 0.1) is 0 Å². The summed E-state index contributed by atoms with van der Waals surface area (Å²) in [6.45, 7) is 3.84. The third kappa shape index (κ3) is 3.85. The Hall–Kier alpha value is -1.26. The summed E-state index contributed by atoms with van der Waals surface area (Å²) in [5.74, 6) is 0.219. The van der Waals surface area contributed by atoms with Gasteiger partial charge in [0.15, 0.2) is 0 Å². The van der Waals surface area contributed by atoms with Crippen molar-refractivity contribution in [2.24, 2.45) is 5.73 Å². The minimum Gasteiger partial charge on any atom is -0.368 e. The fourth-order valence-electron chi connectivity index (χ4n) is 2.30. The van der Waals surface area contributed by atoms with Gasteiger partial charge >= 0.3 is 0 Å². The SMILES string of the molecule is NCCCC(=O)N1CCN(c2cccc(Cl)c2)CC1. The zero-order valence-corrected chi connectivity index (χ0v) is 11.8. The Kier molecular flexibility index (Phi) is 5.05. The van der Waals surface area contributed by atoms with Crippen molar-refractivity contribution in [2.45, 2.75) is 12.8 Å². The number of amides is 1. The number of hydrogen-bond donors (Lipinski definition) is 1. The zero-order chi connectivity index (χ0) is 13.7. The molecule has 0 atom stereocenters. The van der Waals surface area contributed by atoms with Gasteiger partial charge in [0.25, 0.3) is 0 Å². The molecule has 2 rings (SSSR count). The number of carbonyl (C=O) groups excluding carboxylic acids is 1. The van der Waals surface area contributed by atoms with Crippen molar-refractivity contribution in [1.29, 1.82) is 0 Å². The maximum absolute atomic E-state index is 11.9. The lowest BCUT2D eigenvalue weighted by Gasteiger charge is -2.36. The van der Waals surface area contributed by atoms with E-state index in [1.54, 1.807) is 0 Å². The first-order valence-electron chi connectivity index (χ1n) is 6.69. The van der Waals surface area contributed by atoms with E-state index < -0.39 is 0 Å². The van der Waals surface area contributed by atoms with Gasteiger partial charge in [0.1, 0.15) is 0 Å². The molecule has 0 spiro atoms. The fraction of sp³-hybridized carbons (Fsp3) is 0.500. The zero-order valence-electron chi connectivity index (χ0n) is 11.0. The summed E-state index contributed by atoms with van der Waals surface area (Å²) in [6, 6.07) is 7.85. The lowest BCUT2D eigenvalue weighted by molar-refractivity contribution is -0.131. The van der Waals surface area contributed by atoms with Crippen LogP contribution in [0.1, 0.15) is 12.8 Å². The summed E-state index contributed by atoms with van der Waals surface area (Å²) in [5, 5.41) is 0.749. The molecule has 5 heteroatoms. The van der Waals surface area contributed by atoms with Crippen LogP contribution < -0.4 is 10.6 Å². The second-order valence-electron chi connectivity index (χ2n) is 4.74. The highest BCUT2D eigenvalue weighted by Gasteiger charge is 2.20. The van der Waals surface area contributed by atoms with Gasteiger partial charge in [0.2, 0.25) is 5.91 Å². The van der Waals surface area contributed by atoms with Crippen LogP contribution in [0.2, 0.25) is 5.02 Å². The average Bonchev–Trinajstić information content (AvgIpc) is 2.45. The first kappa shape index (κ1) is 14.2. The molecule has 1 aromatic carbocycles. The van der Waals surface area contributed by atoms with Crippen molar-refractivity contribution in [1.82, 2.24) is 4.90 Å². The predicted molar refractivity (Wildman–Crippen MR) is 78.5 cm³/mol. The van der Waals surface area contributed by atoms with Crippen LogP contribution in [0.25, 0.3) is 0 Å². The number of hydrogen-bond acceptors (Lipinski definition) is 3. The number of carbonyl (C=O) groups is 1. The van der Waals surface area contributed by atoms with E-state index in [4.69, 9.17) is 17.3 Å². The highest BCUT2D eigenvalue weighted by atomic mass is 35.5. The van der Waals surface area contributed by atoms with Gasteiger partial charge < -0.3 is 15.5 Å². The molecule has 1 saturated heterocycles. The number of anilines is 1. The highest BCUT2D eigenvalue weighted by Crippen LogP contribution is 2.20. The molecular formula is C14H20ClN3O. The van der Waals surface area contributed by atoms with E-state index in [2.05, 4.69) is 11.0 Å². The minimum atomic E-state index is 0.219. The van der Waals surface area contributed by atoms with E-state index in [-0.39, 0.29) is 5.91 Å². The first-order chi connectivity index (χ1) is 9.20. The summed E-state index contributed by atoms with van der Waals surface area (Å²) in [6.07, 6.45) is 1.33. The summed E-state index contributed by atoms with van der Waals surface area (Å²) in [4.78, 5) is 16.1. The second-order valence-corrected chi connectivity index (χ2v) is 5.18. The number of rotatable bonds is 4. The lowest BCUT2D eigenvalue weighted by atomic mass is 10.2. The largest absolute Gasteiger partial charge is 0.368 e. The van der Waals surface area contributed by atoms with Crippen LogP contribution in [0.15, 0.2) is 24.3 Å². The molecule has 0 aromatic heterocycles. The predicted octanol–water partition coefficient (Wildman–Crippen LogP) is 1.73. The third-order valence-electron chi connectivity index (χ3n) is 3.40. The second kappa shape index (κ2) is 6.78. The first-order valence-corrected chi connectivity index (χ1v) is 7.07. The maximum Gasteiger partial charge on any atom is 0.222 e. The molecule has 19 heavy (non-hydrogen) atoms. The highest BCUT2D eigenvalue weighted by molar-refractivity contribution is 6.30. The van der Waals surface area contributed by atoms with Gasteiger partial charge in [0.05, 0.1) is 0 Å². The van der Waals surface area contributed by atoms with E-state index in [0.29, 0.717) is 13.0 Å². The van der Waals surface area contributed by atoms with Crippen molar-refractivity contribution in [3.05, 3.63) is 29.3 Å². The van der Waals surface area contributed by atoms with Gasteiger partial charge in [-0.05, 0) is 31.2 Å². The van der Waals surface area contributed by atoms with Crippen LogP contribution in [0.3, 0.4) is 0 Å². The van der Waals surface area contributed by atoms with Gasteiger partial charge in [-0.2, -0.15) is 0 Å². The average molecular weight is 282 g/mol. The van der Waals surface area contributed by atoms with Crippen LogP contribution in [-0.4, -0.2) is 43.5 Å². The minimum absolute atomic E-state index is 0.219. The van der Waals surface area contributed by atoms with E-state index in [1.807, 2.05) is 23.1 Å². The number of halogens is 1. The maximum atomic E-state index is 11.9. The molecule has 2 N–H and O–H groups in total. The molecule has 1 aromatic rings. The Morgan fingerprint density at radius 2 is 2.00 bits per heavy atom. The van der Waals surface area contributed by atoms with E-state index in [0.717, 1.165) is 43.3 Å². The topological polar surface area (TPSA) is 49.6 Å². The molecule has 104 valence electrons. The molecule has 1 fully saturated rings. The van der Waals surface area contributed by atoms with E-state index in [9.17, 15) is 4.79 Å². The summed E-state index contributed by atoms with van der Waals surface area (Å²) in [7, 11) is 0. The van der Waals surface area contributed by atoms with Gasteiger partial charge in [-0.1, -0.05) is 17.7 Å².